The van der Waals surface area contributed by atoms with E-state index in [0.29, 0.717) is 0 Å². The highest BCUT2D eigenvalue weighted by atomic mass is 16.2. The predicted molar refractivity (Wildman–Crippen MR) is 79.4 cm³/mol. The van der Waals surface area contributed by atoms with E-state index in [0.717, 1.165) is 42.7 Å². The first-order valence-electron chi connectivity index (χ1n) is 7.24. The van der Waals surface area contributed by atoms with Crippen molar-refractivity contribution in [3.05, 3.63) is 29.3 Å². The van der Waals surface area contributed by atoms with Gasteiger partial charge in [0.1, 0.15) is 0 Å². The number of carbonyl (C=O) groups is 1. The minimum Gasteiger partial charge on any atom is -0.324 e. The number of hydrogen-bond acceptors (Lipinski definition) is 2. The number of para-hydroxylation sites is 1. The first kappa shape index (κ1) is 14.1. The number of piperidine rings is 1. The zero-order valence-electron chi connectivity index (χ0n) is 12.2. The lowest BCUT2D eigenvalue weighted by atomic mass is 10.0. The molecule has 0 aliphatic carbocycles. The van der Waals surface area contributed by atoms with Crippen molar-refractivity contribution in [2.24, 2.45) is 0 Å². The molecule has 1 unspecified atom stereocenters. The molecule has 1 aliphatic rings. The number of amides is 1. The molecule has 1 aromatic carbocycles. The first-order chi connectivity index (χ1) is 9.13. The Morgan fingerprint density at radius 3 is 2.63 bits per heavy atom. The van der Waals surface area contributed by atoms with Crippen molar-refractivity contribution in [3.63, 3.8) is 0 Å². The lowest BCUT2D eigenvalue weighted by molar-refractivity contribution is -0.122. The van der Waals surface area contributed by atoms with Crippen LogP contribution in [-0.4, -0.2) is 29.9 Å². The predicted octanol–water partition coefficient (Wildman–Crippen LogP) is 3.12. The van der Waals surface area contributed by atoms with Crippen molar-refractivity contribution in [2.75, 3.05) is 18.4 Å². The van der Waals surface area contributed by atoms with Gasteiger partial charge in [-0.1, -0.05) is 31.5 Å². The van der Waals surface area contributed by atoms with Crippen LogP contribution >= 0.6 is 0 Å². The second-order valence-electron chi connectivity index (χ2n) is 5.40. The van der Waals surface area contributed by atoms with E-state index in [1.54, 1.807) is 0 Å². The summed E-state index contributed by atoms with van der Waals surface area (Å²) >= 11 is 0. The molecule has 1 amide bonds. The van der Waals surface area contributed by atoms with Gasteiger partial charge in [-0.15, -0.1) is 0 Å². The Bertz CT molecular complexity index is 436. The molecule has 3 heteroatoms. The van der Waals surface area contributed by atoms with Crippen LogP contribution in [0.3, 0.4) is 0 Å². The monoisotopic (exact) mass is 260 g/mol. The van der Waals surface area contributed by atoms with Gasteiger partial charge < -0.3 is 5.32 Å². The van der Waals surface area contributed by atoms with Gasteiger partial charge in [-0.2, -0.15) is 0 Å². The molecule has 104 valence electrons. The third kappa shape index (κ3) is 3.16. The van der Waals surface area contributed by atoms with E-state index in [2.05, 4.69) is 17.1 Å². The number of likely N-dealkylation sites (N-methyl/N-ethyl adjacent to an activating group) is 1. The molecular formula is C16H24N2O. The number of nitrogens with zero attached hydrogens (tertiary/aromatic N) is 1. The van der Waals surface area contributed by atoms with Gasteiger partial charge >= 0.3 is 0 Å². The first-order valence-corrected chi connectivity index (χ1v) is 7.24. The standard InChI is InChI=1S/C16H24N2O/c1-4-18-11-6-5-10-14(18)16(19)17-15-12(2)8-7-9-13(15)3/h7-9,14H,4-6,10-11H2,1-3H3,(H,17,19). The van der Waals surface area contributed by atoms with Crippen LogP contribution in [0.15, 0.2) is 18.2 Å². The lowest BCUT2D eigenvalue weighted by Crippen LogP contribution is -2.47. The molecule has 0 bridgehead atoms. The van der Waals surface area contributed by atoms with Crippen LogP contribution in [0.1, 0.15) is 37.3 Å². The van der Waals surface area contributed by atoms with Gasteiger partial charge in [0, 0.05) is 5.69 Å². The van der Waals surface area contributed by atoms with E-state index in [-0.39, 0.29) is 11.9 Å². The summed E-state index contributed by atoms with van der Waals surface area (Å²) < 4.78 is 0. The average molecular weight is 260 g/mol. The maximum Gasteiger partial charge on any atom is 0.241 e. The Hall–Kier alpha value is -1.35. The summed E-state index contributed by atoms with van der Waals surface area (Å²) in [6, 6.07) is 6.15. The number of carbonyl (C=O) groups excluding carboxylic acids is 1. The minimum atomic E-state index is 0.0396. The van der Waals surface area contributed by atoms with Crippen molar-refractivity contribution in [3.8, 4) is 0 Å². The second-order valence-corrected chi connectivity index (χ2v) is 5.40. The highest BCUT2D eigenvalue weighted by Crippen LogP contribution is 2.22. The molecule has 0 saturated carbocycles. The van der Waals surface area contributed by atoms with E-state index in [4.69, 9.17) is 0 Å². The van der Waals surface area contributed by atoms with E-state index in [1.165, 1.54) is 6.42 Å². The van der Waals surface area contributed by atoms with Gasteiger partial charge in [0.15, 0.2) is 0 Å². The summed E-state index contributed by atoms with van der Waals surface area (Å²) in [6.45, 7) is 8.21. The Kier molecular flexibility index (Phi) is 4.59. The Balaban J connectivity index is 2.12. The minimum absolute atomic E-state index is 0.0396. The number of benzene rings is 1. The van der Waals surface area contributed by atoms with Crippen LogP contribution in [0.5, 0.6) is 0 Å². The molecule has 1 heterocycles. The topological polar surface area (TPSA) is 32.3 Å². The van der Waals surface area contributed by atoms with E-state index in [1.807, 2.05) is 32.0 Å². The number of rotatable bonds is 3. The number of hydrogen-bond donors (Lipinski definition) is 1. The van der Waals surface area contributed by atoms with Crippen molar-refractivity contribution < 1.29 is 4.79 Å². The summed E-state index contributed by atoms with van der Waals surface area (Å²) in [5.74, 6) is 0.152. The molecule has 0 aromatic heterocycles. The summed E-state index contributed by atoms with van der Waals surface area (Å²) in [6.07, 6.45) is 3.34. The number of aryl methyl sites for hydroxylation is 2. The van der Waals surface area contributed by atoms with Gasteiger partial charge in [-0.05, 0) is 50.9 Å². The van der Waals surface area contributed by atoms with Crippen LogP contribution in [0.25, 0.3) is 0 Å². The van der Waals surface area contributed by atoms with E-state index >= 15 is 0 Å². The Morgan fingerprint density at radius 2 is 2.00 bits per heavy atom. The van der Waals surface area contributed by atoms with Crippen molar-refractivity contribution >= 4 is 11.6 Å². The fraction of sp³-hybridized carbons (Fsp3) is 0.562. The fourth-order valence-corrected chi connectivity index (χ4v) is 2.88. The summed E-state index contributed by atoms with van der Waals surface area (Å²) in [5.41, 5.74) is 3.24. The molecule has 1 aliphatic heterocycles. The zero-order valence-corrected chi connectivity index (χ0v) is 12.2. The highest BCUT2D eigenvalue weighted by Gasteiger charge is 2.27. The lowest BCUT2D eigenvalue weighted by Gasteiger charge is -2.33. The molecule has 1 aromatic rings. The number of anilines is 1. The molecule has 1 fully saturated rings. The van der Waals surface area contributed by atoms with Crippen LogP contribution in [0.2, 0.25) is 0 Å². The molecule has 2 rings (SSSR count). The van der Waals surface area contributed by atoms with E-state index in [9.17, 15) is 4.79 Å². The smallest absolute Gasteiger partial charge is 0.241 e. The molecule has 0 spiro atoms. The van der Waals surface area contributed by atoms with Crippen molar-refractivity contribution in [2.45, 2.75) is 46.1 Å². The van der Waals surface area contributed by atoms with Crippen LogP contribution in [-0.2, 0) is 4.79 Å². The van der Waals surface area contributed by atoms with Crippen LogP contribution in [0.4, 0.5) is 5.69 Å². The summed E-state index contributed by atoms with van der Waals surface area (Å²) in [5, 5.41) is 3.13. The largest absolute Gasteiger partial charge is 0.324 e. The average Bonchev–Trinajstić information content (AvgIpc) is 2.42. The molecule has 3 nitrogen and oxygen atoms in total. The molecule has 0 radical (unpaired) electrons. The van der Waals surface area contributed by atoms with Gasteiger partial charge in [0.25, 0.3) is 0 Å². The van der Waals surface area contributed by atoms with Gasteiger partial charge in [0.2, 0.25) is 5.91 Å². The van der Waals surface area contributed by atoms with Crippen LogP contribution in [0, 0.1) is 13.8 Å². The third-order valence-electron chi connectivity index (χ3n) is 4.05. The normalized spacial score (nSPS) is 20.3. The number of nitrogens with one attached hydrogen (secondary N) is 1. The molecule has 19 heavy (non-hydrogen) atoms. The maximum absolute atomic E-state index is 12.5. The molecular weight excluding hydrogens is 236 g/mol. The SMILES string of the molecule is CCN1CCCCC1C(=O)Nc1c(C)cccc1C. The van der Waals surface area contributed by atoms with Gasteiger partial charge in [-0.3, -0.25) is 9.69 Å². The molecule has 1 saturated heterocycles. The van der Waals surface area contributed by atoms with Gasteiger partial charge in [-0.25, -0.2) is 0 Å². The maximum atomic E-state index is 12.5. The summed E-state index contributed by atoms with van der Waals surface area (Å²) in [7, 11) is 0. The Morgan fingerprint density at radius 1 is 1.32 bits per heavy atom. The zero-order chi connectivity index (χ0) is 13.8. The van der Waals surface area contributed by atoms with Crippen molar-refractivity contribution in [1.29, 1.82) is 0 Å². The van der Waals surface area contributed by atoms with E-state index < -0.39 is 0 Å². The highest BCUT2D eigenvalue weighted by molar-refractivity contribution is 5.96. The van der Waals surface area contributed by atoms with Gasteiger partial charge in [0.05, 0.1) is 6.04 Å². The Labute approximate surface area is 116 Å². The summed E-state index contributed by atoms with van der Waals surface area (Å²) in [4.78, 5) is 14.8. The van der Waals surface area contributed by atoms with Crippen LogP contribution < -0.4 is 5.32 Å². The molecule has 1 atom stereocenters. The fourth-order valence-electron chi connectivity index (χ4n) is 2.88. The number of likely N-dealkylation sites (tertiary alicyclic amines) is 1. The second kappa shape index (κ2) is 6.20. The molecule has 1 N–H and O–H groups in total. The quantitative estimate of drug-likeness (QED) is 0.905. The van der Waals surface area contributed by atoms with Crippen molar-refractivity contribution in [1.82, 2.24) is 4.90 Å². The third-order valence-corrected chi connectivity index (χ3v) is 4.05.